The van der Waals surface area contributed by atoms with Gasteiger partial charge in [-0.05, 0) is 36.4 Å². The maximum absolute atomic E-state index is 11.3. The number of carboxylic acids is 1. The van der Waals surface area contributed by atoms with E-state index in [-0.39, 0.29) is 12.6 Å². The molecule has 4 heteroatoms. The number of hydrogen-bond acceptors (Lipinski definition) is 3. The van der Waals surface area contributed by atoms with Crippen molar-refractivity contribution in [2.45, 2.75) is 39.0 Å². The summed E-state index contributed by atoms with van der Waals surface area (Å²) in [4.78, 5) is 13.4. The van der Waals surface area contributed by atoms with Crippen LogP contribution in [-0.2, 0) is 17.9 Å². The second-order valence-corrected chi connectivity index (χ2v) is 5.43. The highest BCUT2D eigenvalue weighted by atomic mass is 16.4. The predicted octanol–water partition coefficient (Wildman–Crippen LogP) is 1.86. The third kappa shape index (κ3) is 3.55. The van der Waals surface area contributed by atoms with Crippen LogP contribution in [0.4, 0.5) is 0 Å². The molecule has 1 aliphatic heterocycles. The highest BCUT2D eigenvalue weighted by Gasteiger charge is 2.31. The van der Waals surface area contributed by atoms with Crippen molar-refractivity contribution in [3.8, 4) is 0 Å². The average molecular weight is 263 g/mol. The van der Waals surface area contributed by atoms with Crippen LogP contribution in [0.2, 0.25) is 0 Å². The van der Waals surface area contributed by atoms with Crippen LogP contribution in [0.3, 0.4) is 0 Å². The Hall–Kier alpha value is -1.39. The van der Waals surface area contributed by atoms with Crippen LogP contribution in [0.5, 0.6) is 0 Å². The van der Waals surface area contributed by atoms with E-state index < -0.39 is 5.97 Å². The van der Waals surface area contributed by atoms with Crippen LogP contribution in [-0.4, -0.2) is 33.7 Å². The fraction of sp³-hybridized carbons (Fsp3) is 0.533. The number of piperidine rings is 1. The third-order valence-corrected chi connectivity index (χ3v) is 3.85. The number of hydrogen-bond donors (Lipinski definition) is 2. The Bertz CT molecular complexity index is 430. The molecule has 2 atom stereocenters. The van der Waals surface area contributed by atoms with E-state index in [1.165, 1.54) is 0 Å². The van der Waals surface area contributed by atoms with Crippen molar-refractivity contribution >= 4 is 5.97 Å². The molecular weight excluding hydrogens is 242 g/mol. The molecule has 1 aliphatic rings. The van der Waals surface area contributed by atoms with E-state index in [0.717, 1.165) is 30.5 Å². The maximum atomic E-state index is 11.3. The van der Waals surface area contributed by atoms with Crippen LogP contribution >= 0.6 is 0 Å². The molecule has 0 spiro atoms. The van der Waals surface area contributed by atoms with Gasteiger partial charge in [0.2, 0.25) is 0 Å². The summed E-state index contributed by atoms with van der Waals surface area (Å²) < 4.78 is 0. The largest absolute Gasteiger partial charge is 0.480 e. The summed E-state index contributed by atoms with van der Waals surface area (Å²) in [7, 11) is 0. The number of rotatable bonds is 4. The van der Waals surface area contributed by atoms with E-state index in [0.29, 0.717) is 12.5 Å². The lowest BCUT2D eigenvalue weighted by molar-refractivity contribution is -0.145. The first kappa shape index (κ1) is 14.0. The minimum atomic E-state index is -0.724. The molecular formula is C15H21NO3. The Morgan fingerprint density at radius 3 is 2.53 bits per heavy atom. The molecule has 1 heterocycles. The molecule has 4 nitrogen and oxygen atoms in total. The fourth-order valence-electron chi connectivity index (χ4n) is 2.62. The van der Waals surface area contributed by atoms with E-state index in [4.69, 9.17) is 5.11 Å². The van der Waals surface area contributed by atoms with Crippen LogP contribution in [0, 0.1) is 5.92 Å². The number of carboxylic acid groups (broad SMARTS) is 1. The Kier molecular flexibility index (Phi) is 4.56. The van der Waals surface area contributed by atoms with Gasteiger partial charge >= 0.3 is 5.97 Å². The summed E-state index contributed by atoms with van der Waals surface area (Å²) in [6.45, 7) is 3.65. The first-order chi connectivity index (χ1) is 9.10. The summed E-state index contributed by atoms with van der Waals surface area (Å²) in [5.41, 5.74) is 1.98. The van der Waals surface area contributed by atoms with Crippen LogP contribution in [0.1, 0.15) is 30.9 Å². The Morgan fingerprint density at radius 1 is 1.32 bits per heavy atom. The van der Waals surface area contributed by atoms with Crippen molar-refractivity contribution in [3.63, 3.8) is 0 Å². The summed E-state index contributed by atoms with van der Waals surface area (Å²) in [6.07, 6.45) is 1.78. The number of nitrogens with zero attached hydrogens (tertiary/aromatic N) is 1. The van der Waals surface area contributed by atoms with Crippen molar-refractivity contribution in [2.24, 2.45) is 5.92 Å². The van der Waals surface area contributed by atoms with Crippen molar-refractivity contribution in [2.75, 3.05) is 6.54 Å². The SMILES string of the molecule is CC1CCN(Cc2ccc(CO)cc2)C(C(=O)O)C1. The monoisotopic (exact) mass is 263 g/mol. The molecule has 104 valence electrons. The zero-order chi connectivity index (χ0) is 13.8. The highest BCUT2D eigenvalue weighted by Crippen LogP contribution is 2.24. The molecule has 2 unspecified atom stereocenters. The van der Waals surface area contributed by atoms with Gasteiger partial charge in [0.05, 0.1) is 6.61 Å². The second kappa shape index (κ2) is 6.17. The van der Waals surface area contributed by atoms with Gasteiger partial charge in [0, 0.05) is 6.54 Å². The van der Waals surface area contributed by atoms with Crippen LogP contribution in [0.15, 0.2) is 24.3 Å². The molecule has 0 aromatic heterocycles. The van der Waals surface area contributed by atoms with Crippen molar-refractivity contribution in [1.82, 2.24) is 4.90 Å². The van der Waals surface area contributed by atoms with Crippen LogP contribution < -0.4 is 0 Å². The molecule has 0 aliphatic carbocycles. The van der Waals surface area contributed by atoms with E-state index >= 15 is 0 Å². The highest BCUT2D eigenvalue weighted by molar-refractivity contribution is 5.73. The molecule has 1 aromatic rings. The topological polar surface area (TPSA) is 60.8 Å². The number of benzene rings is 1. The minimum absolute atomic E-state index is 0.0409. The lowest BCUT2D eigenvalue weighted by atomic mass is 9.92. The van der Waals surface area contributed by atoms with Crippen molar-refractivity contribution < 1.29 is 15.0 Å². The van der Waals surface area contributed by atoms with Gasteiger partial charge in [0.1, 0.15) is 6.04 Å². The van der Waals surface area contributed by atoms with Gasteiger partial charge in [0.15, 0.2) is 0 Å². The fourth-order valence-corrected chi connectivity index (χ4v) is 2.62. The number of aliphatic hydroxyl groups excluding tert-OH is 1. The van der Waals surface area contributed by atoms with Crippen molar-refractivity contribution in [3.05, 3.63) is 35.4 Å². The second-order valence-electron chi connectivity index (χ2n) is 5.43. The van der Waals surface area contributed by atoms with Gasteiger partial charge in [-0.25, -0.2) is 0 Å². The van der Waals surface area contributed by atoms with Gasteiger partial charge in [-0.2, -0.15) is 0 Å². The van der Waals surface area contributed by atoms with E-state index in [1.807, 2.05) is 29.2 Å². The summed E-state index contributed by atoms with van der Waals surface area (Å²) >= 11 is 0. The molecule has 2 rings (SSSR count). The molecule has 1 fully saturated rings. The van der Waals surface area contributed by atoms with E-state index in [1.54, 1.807) is 0 Å². The normalized spacial score (nSPS) is 24.3. The molecule has 1 saturated heterocycles. The third-order valence-electron chi connectivity index (χ3n) is 3.85. The number of carbonyl (C=O) groups is 1. The summed E-state index contributed by atoms with van der Waals surface area (Å²) in [6, 6.07) is 7.32. The number of likely N-dealkylation sites (tertiary alicyclic amines) is 1. The lowest BCUT2D eigenvalue weighted by Gasteiger charge is -2.36. The smallest absolute Gasteiger partial charge is 0.320 e. The van der Waals surface area contributed by atoms with Crippen LogP contribution in [0.25, 0.3) is 0 Å². The molecule has 19 heavy (non-hydrogen) atoms. The molecule has 2 N–H and O–H groups in total. The van der Waals surface area contributed by atoms with Gasteiger partial charge in [-0.1, -0.05) is 31.2 Å². The summed E-state index contributed by atoms with van der Waals surface area (Å²) in [5.74, 6) is -0.243. The lowest BCUT2D eigenvalue weighted by Crippen LogP contribution is -2.46. The van der Waals surface area contributed by atoms with Gasteiger partial charge in [-0.3, -0.25) is 9.69 Å². The van der Waals surface area contributed by atoms with E-state index in [9.17, 15) is 9.90 Å². The van der Waals surface area contributed by atoms with Gasteiger partial charge in [0.25, 0.3) is 0 Å². The first-order valence-corrected chi connectivity index (χ1v) is 6.75. The number of aliphatic carboxylic acids is 1. The first-order valence-electron chi connectivity index (χ1n) is 6.75. The number of aliphatic hydroxyl groups is 1. The molecule has 0 bridgehead atoms. The average Bonchev–Trinajstić information content (AvgIpc) is 2.41. The Morgan fingerprint density at radius 2 is 1.95 bits per heavy atom. The Labute approximate surface area is 113 Å². The molecule has 0 radical (unpaired) electrons. The standard InChI is InChI=1S/C15H21NO3/c1-11-6-7-16(14(8-11)15(18)19)9-12-2-4-13(10-17)5-3-12/h2-5,11,14,17H,6-10H2,1H3,(H,18,19). The predicted molar refractivity (Wildman–Crippen MR) is 72.6 cm³/mol. The minimum Gasteiger partial charge on any atom is -0.480 e. The quantitative estimate of drug-likeness (QED) is 0.870. The zero-order valence-corrected chi connectivity index (χ0v) is 11.2. The van der Waals surface area contributed by atoms with E-state index in [2.05, 4.69) is 6.92 Å². The summed E-state index contributed by atoms with van der Waals surface area (Å²) in [5, 5.41) is 18.3. The van der Waals surface area contributed by atoms with Crippen molar-refractivity contribution in [1.29, 1.82) is 0 Å². The molecule has 0 saturated carbocycles. The molecule has 1 aromatic carbocycles. The van der Waals surface area contributed by atoms with Gasteiger partial charge < -0.3 is 10.2 Å². The Balaban J connectivity index is 2.05. The molecule has 0 amide bonds. The van der Waals surface area contributed by atoms with Gasteiger partial charge in [-0.15, -0.1) is 0 Å². The maximum Gasteiger partial charge on any atom is 0.320 e. The zero-order valence-electron chi connectivity index (χ0n) is 11.2.